The molecule has 0 aliphatic rings. The van der Waals surface area contributed by atoms with Crippen LogP contribution in [0.3, 0.4) is 0 Å². The van der Waals surface area contributed by atoms with E-state index >= 15 is 0 Å². The van der Waals surface area contributed by atoms with E-state index in [9.17, 15) is 9.18 Å². The lowest BCUT2D eigenvalue weighted by molar-refractivity contribution is 0.102. The van der Waals surface area contributed by atoms with Crippen molar-refractivity contribution in [1.82, 2.24) is 25.2 Å². The summed E-state index contributed by atoms with van der Waals surface area (Å²) in [6.07, 6.45) is 1.38. The van der Waals surface area contributed by atoms with Crippen molar-refractivity contribution in [3.8, 4) is 11.4 Å². The van der Waals surface area contributed by atoms with E-state index in [0.717, 1.165) is 10.7 Å². The zero-order chi connectivity index (χ0) is 20.2. The number of aryl methyl sites for hydroxylation is 1. The van der Waals surface area contributed by atoms with E-state index in [1.54, 1.807) is 35.6 Å². The number of nitrogens with one attached hydrogen (secondary N) is 1. The maximum Gasteiger partial charge on any atom is 0.255 e. The predicted molar refractivity (Wildman–Crippen MR) is 105 cm³/mol. The van der Waals surface area contributed by atoms with Crippen LogP contribution in [0.5, 0.6) is 5.75 Å². The fourth-order valence-electron chi connectivity index (χ4n) is 2.58. The summed E-state index contributed by atoms with van der Waals surface area (Å²) in [6.45, 7) is 2.23. The summed E-state index contributed by atoms with van der Waals surface area (Å²) in [5, 5.41) is 16.3. The van der Waals surface area contributed by atoms with Gasteiger partial charge in [0.15, 0.2) is 0 Å². The second kappa shape index (κ2) is 8.15. The number of carbonyl (C=O) groups is 1. The summed E-state index contributed by atoms with van der Waals surface area (Å²) in [6, 6.07) is 10.9. The molecule has 0 aliphatic heterocycles. The first-order chi connectivity index (χ1) is 14.1. The lowest BCUT2D eigenvalue weighted by atomic mass is 10.2. The molecule has 0 fully saturated rings. The Balaban J connectivity index is 1.48. The van der Waals surface area contributed by atoms with Crippen molar-refractivity contribution in [2.75, 3.05) is 5.32 Å². The van der Waals surface area contributed by atoms with Crippen molar-refractivity contribution < 1.29 is 13.9 Å². The highest BCUT2D eigenvalue weighted by Gasteiger charge is 2.12. The number of hydrogen-bond acceptors (Lipinski definition) is 7. The van der Waals surface area contributed by atoms with Crippen molar-refractivity contribution in [3.05, 3.63) is 76.3 Å². The summed E-state index contributed by atoms with van der Waals surface area (Å²) < 4.78 is 21.2. The zero-order valence-electron chi connectivity index (χ0n) is 15.2. The van der Waals surface area contributed by atoms with Gasteiger partial charge in [-0.15, -0.1) is 16.4 Å². The van der Waals surface area contributed by atoms with Crippen LogP contribution in [0.25, 0.3) is 5.69 Å². The molecular formula is C19H15FN6O2S. The Morgan fingerprint density at radius 3 is 2.93 bits per heavy atom. The zero-order valence-corrected chi connectivity index (χ0v) is 16.1. The largest absolute Gasteiger partial charge is 0.487 e. The number of nitrogens with zero attached hydrogens (tertiary/aromatic N) is 5. The van der Waals surface area contributed by atoms with E-state index in [2.05, 4.69) is 25.8 Å². The van der Waals surface area contributed by atoms with Gasteiger partial charge in [0.05, 0.1) is 22.1 Å². The lowest BCUT2D eigenvalue weighted by Gasteiger charge is -2.10. The smallest absolute Gasteiger partial charge is 0.255 e. The van der Waals surface area contributed by atoms with E-state index in [4.69, 9.17) is 4.74 Å². The van der Waals surface area contributed by atoms with Gasteiger partial charge in [0.1, 0.15) is 24.5 Å². The molecule has 2 aromatic carbocycles. The van der Waals surface area contributed by atoms with Gasteiger partial charge in [-0.05, 0) is 53.7 Å². The molecule has 0 saturated carbocycles. The summed E-state index contributed by atoms with van der Waals surface area (Å²) in [7, 11) is 0. The molecule has 0 atom stereocenters. The molecule has 2 heterocycles. The van der Waals surface area contributed by atoms with Crippen molar-refractivity contribution in [3.63, 3.8) is 0 Å². The SMILES string of the molecule is Cc1nc(COc2cccc(C(=O)Nc3cc(-n4cnnn4)ccc3F)c2)cs1. The van der Waals surface area contributed by atoms with Crippen LogP contribution in [0.2, 0.25) is 0 Å². The van der Waals surface area contributed by atoms with E-state index in [1.165, 1.54) is 29.2 Å². The molecule has 4 rings (SSSR count). The second-order valence-corrected chi connectivity index (χ2v) is 7.11. The Bertz CT molecular complexity index is 1150. The number of rotatable bonds is 6. The lowest BCUT2D eigenvalue weighted by Crippen LogP contribution is -2.13. The molecule has 8 nitrogen and oxygen atoms in total. The highest BCUT2D eigenvalue weighted by Crippen LogP contribution is 2.21. The number of thiazole rings is 1. The number of aromatic nitrogens is 5. The average Bonchev–Trinajstić information content (AvgIpc) is 3.40. The monoisotopic (exact) mass is 410 g/mol. The maximum absolute atomic E-state index is 14.2. The standard InChI is InChI=1S/C19H15FN6O2S/c1-12-22-14(10-29-12)9-28-16-4-2-3-13(7-16)19(27)23-18-8-15(5-6-17(18)20)26-11-21-24-25-26/h2-8,10-11H,9H2,1H3,(H,23,27). The van der Waals surface area contributed by atoms with Crippen LogP contribution >= 0.6 is 11.3 Å². The second-order valence-electron chi connectivity index (χ2n) is 6.05. The molecule has 29 heavy (non-hydrogen) atoms. The Morgan fingerprint density at radius 1 is 1.28 bits per heavy atom. The molecular weight excluding hydrogens is 395 g/mol. The molecule has 1 N–H and O–H groups in total. The minimum absolute atomic E-state index is 0.0206. The van der Waals surface area contributed by atoms with Gasteiger partial charge in [-0.1, -0.05) is 6.07 Å². The normalized spacial score (nSPS) is 10.7. The van der Waals surface area contributed by atoms with E-state index in [-0.39, 0.29) is 5.69 Å². The molecule has 10 heteroatoms. The highest BCUT2D eigenvalue weighted by atomic mass is 32.1. The first-order valence-electron chi connectivity index (χ1n) is 8.56. The third-order valence-electron chi connectivity index (χ3n) is 3.96. The summed E-state index contributed by atoms with van der Waals surface area (Å²) in [5.41, 5.74) is 1.70. The molecule has 4 aromatic rings. The topological polar surface area (TPSA) is 94.8 Å². The molecule has 2 aromatic heterocycles. The Hall–Kier alpha value is -3.66. The van der Waals surface area contributed by atoms with Crippen molar-refractivity contribution in [1.29, 1.82) is 0 Å². The molecule has 0 unspecified atom stereocenters. The molecule has 1 amide bonds. The molecule has 146 valence electrons. The minimum Gasteiger partial charge on any atom is -0.487 e. The maximum atomic E-state index is 14.2. The summed E-state index contributed by atoms with van der Waals surface area (Å²) in [4.78, 5) is 16.9. The van der Waals surface area contributed by atoms with Gasteiger partial charge in [0.25, 0.3) is 5.91 Å². The number of amides is 1. The van der Waals surface area contributed by atoms with Gasteiger partial charge in [-0.2, -0.15) is 0 Å². The van der Waals surface area contributed by atoms with Gasteiger partial charge < -0.3 is 10.1 Å². The quantitative estimate of drug-likeness (QED) is 0.524. The highest BCUT2D eigenvalue weighted by molar-refractivity contribution is 7.09. The van der Waals surface area contributed by atoms with Gasteiger partial charge in [-0.25, -0.2) is 14.1 Å². The third-order valence-corrected chi connectivity index (χ3v) is 4.78. The first kappa shape index (κ1) is 18.7. The predicted octanol–water partition coefficient (Wildman–Crippen LogP) is 3.40. The van der Waals surface area contributed by atoms with Gasteiger partial charge in [0.2, 0.25) is 0 Å². The van der Waals surface area contributed by atoms with Crippen molar-refractivity contribution in [2.24, 2.45) is 0 Å². The van der Waals surface area contributed by atoms with Crippen LogP contribution in [0.1, 0.15) is 21.1 Å². The Kier molecular flexibility index (Phi) is 5.25. The van der Waals surface area contributed by atoms with E-state index < -0.39 is 11.7 Å². The number of halogens is 1. The molecule has 0 radical (unpaired) electrons. The third kappa shape index (κ3) is 4.43. The molecule has 0 bridgehead atoms. The first-order valence-corrected chi connectivity index (χ1v) is 9.44. The van der Waals surface area contributed by atoms with E-state index in [1.807, 2.05) is 12.3 Å². The van der Waals surface area contributed by atoms with Crippen LogP contribution in [-0.2, 0) is 6.61 Å². The minimum atomic E-state index is -0.568. The van der Waals surface area contributed by atoms with Gasteiger partial charge >= 0.3 is 0 Å². The molecule has 0 aliphatic carbocycles. The number of ether oxygens (including phenoxy) is 1. The van der Waals surface area contributed by atoms with Crippen molar-refractivity contribution in [2.45, 2.75) is 13.5 Å². The number of hydrogen-bond donors (Lipinski definition) is 1. The number of anilines is 1. The number of benzene rings is 2. The fourth-order valence-corrected chi connectivity index (χ4v) is 3.18. The van der Waals surface area contributed by atoms with Crippen LogP contribution in [0, 0.1) is 12.7 Å². The Morgan fingerprint density at radius 2 is 2.17 bits per heavy atom. The average molecular weight is 410 g/mol. The molecule has 0 saturated heterocycles. The fraction of sp³-hybridized carbons (Fsp3) is 0.105. The van der Waals surface area contributed by atoms with Crippen LogP contribution in [0.4, 0.5) is 10.1 Å². The van der Waals surface area contributed by atoms with Crippen LogP contribution in [0.15, 0.2) is 54.2 Å². The molecule has 0 spiro atoms. The summed E-state index contributed by atoms with van der Waals surface area (Å²) in [5.74, 6) is -0.514. The van der Waals surface area contributed by atoms with Crippen LogP contribution < -0.4 is 10.1 Å². The van der Waals surface area contributed by atoms with Gasteiger partial charge in [0, 0.05) is 10.9 Å². The van der Waals surface area contributed by atoms with Crippen molar-refractivity contribution >= 4 is 22.9 Å². The van der Waals surface area contributed by atoms with E-state index in [0.29, 0.717) is 23.6 Å². The Labute approximate surface area is 169 Å². The number of carbonyl (C=O) groups excluding carboxylic acids is 1. The van der Waals surface area contributed by atoms with Gasteiger partial charge in [-0.3, -0.25) is 4.79 Å². The number of tetrazole rings is 1. The van der Waals surface area contributed by atoms with Crippen LogP contribution in [-0.4, -0.2) is 31.1 Å². The summed E-state index contributed by atoms with van der Waals surface area (Å²) >= 11 is 1.55.